The molecule has 1 aliphatic heterocycles. The molecule has 0 saturated carbocycles. The van der Waals surface area contributed by atoms with Gasteiger partial charge in [-0.15, -0.1) is 0 Å². The number of alkyl halides is 2. The highest BCUT2D eigenvalue weighted by Gasteiger charge is 2.55. The third-order valence-electron chi connectivity index (χ3n) is 5.78. The lowest BCUT2D eigenvalue weighted by Gasteiger charge is -2.29. The van der Waals surface area contributed by atoms with Crippen LogP contribution in [-0.4, -0.2) is 53.6 Å². The number of halogens is 2. The number of aromatic nitrogens is 2. The molecule has 0 amide bonds. The largest absolute Gasteiger partial charge is 0.587 e. The Bertz CT molecular complexity index is 1320. The van der Waals surface area contributed by atoms with E-state index in [2.05, 4.69) is 4.98 Å². The second-order valence-corrected chi connectivity index (χ2v) is 9.96. The molecule has 0 spiro atoms. The molecule has 3 aromatic rings. The SMILES string of the molecule is COc1ccc(OP(=O)(OC[C@]2(C(F)F)C[C@@H](O)[C@H](n3ccc(N)nc3=O)O2)Oc2ccc(OC)cc2)cc1. The molecule has 0 radical (unpaired) electrons. The Morgan fingerprint density at radius 3 is 2.03 bits per heavy atom. The van der Waals surface area contributed by atoms with Crippen molar-refractivity contribution in [3.05, 3.63) is 71.3 Å². The average molecular weight is 569 g/mol. The van der Waals surface area contributed by atoms with Crippen LogP contribution in [0.1, 0.15) is 12.6 Å². The Kier molecular flexibility index (Phi) is 8.40. The van der Waals surface area contributed by atoms with Crippen LogP contribution in [0, 0.1) is 0 Å². The number of hydrogen-bond acceptors (Lipinski definition) is 11. The zero-order chi connectivity index (χ0) is 28.2. The molecule has 1 saturated heterocycles. The zero-order valence-corrected chi connectivity index (χ0v) is 21.7. The monoisotopic (exact) mass is 569 g/mol. The van der Waals surface area contributed by atoms with Gasteiger partial charge in [0.25, 0.3) is 6.43 Å². The van der Waals surface area contributed by atoms with Crippen LogP contribution in [-0.2, 0) is 13.8 Å². The van der Waals surface area contributed by atoms with Crippen LogP contribution in [0.15, 0.2) is 65.6 Å². The van der Waals surface area contributed by atoms with Gasteiger partial charge in [-0.3, -0.25) is 9.09 Å². The molecule has 4 rings (SSSR count). The summed E-state index contributed by atoms with van der Waals surface area (Å²) in [5.74, 6) is 0.932. The molecule has 39 heavy (non-hydrogen) atoms. The summed E-state index contributed by atoms with van der Waals surface area (Å²) in [7, 11) is -1.73. The van der Waals surface area contributed by atoms with E-state index < -0.39 is 50.9 Å². The summed E-state index contributed by atoms with van der Waals surface area (Å²) in [4.78, 5) is 15.7. The first-order valence-electron chi connectivity index (χ1n) is 11.5. The van der Waals surface area contributed by atoms with Crippen molar-refractivity contribution in [3.8, 4) is 23.0 Å². The average Bonchev–Trinajstić information content (AvgIpc) is 3.26. The fraction of sp³-hybridized carbons (Fsp3) is 0.333. The van der Waals surface area contributed by atoms with E-state index in [0.717, 1.165) is 10.8 Å². The lowest BCUT2D eigenvalue weighted by Crippen LogP contribution is -2.42. The highest BCUT2D eigenvalue weighted by molar-refractivity contribution is 7.49. The minimum atomic E-state index is -4.65. The summed E-state index contributed by atoms with van der Waals surface area (Å²) in [6, 6.07) is 13.0. The molecular formula is C24H26F2N3O9P. The van der Waals surface area contributed by atoms with Crippen molar-refractivity contribution < 1.29 is 46.2 Å². The Labute approximate surface area is 221 Å². The van der Waals surface area contributed by atoms with Crippen LogP contribution in [0.2, 0.25) is 0 Å². The first kappa shape index (κ1) is 28.3. The maximum Gasteiger partial charge on any atom is 0.587 e. The predicted octanol–water partition coefficient (Wildman–Crippen LogP) is 3.41. The Morgan fingerprint density at radius 2 is 1.56 bits per heavy atom. The minimum absolute atomic E-state index is 0.0310. The van der Waals surface area contributed by atoms with Crippen LogP contribution < -0.4 is 29.9 Å². The number of phosphoric acid groups is 1. The van der Waals surface area contributed by atoms with Gasteiger partial charge in [-0.2, -0.15) is 4.98 Å². The van der Waals surface area contributed by atoms with Crippen LogP contribution in [0.25, 0.3) is 0 Å². The van der Waals surface area contributed by atoms with Gasteiger partial charge in [0.05, 0.1) is 20.8 Å². The van der Waals surface area contributed by atoms with Gasteiger partial charge in [-0.25, -0.2) is 18.1 Å². The standard InChI is InChI=1S/C24H26F2N3O9P/c1-33-15-3-7-17(8-4-15)37-39(32,38-18-9-5-16(34-2)6-10-18)35-14-24(22(25)26)13-19(30)21(36-24)29-12-11-20(27)28-23(29)31/h3-12,19,21-22,30H,13-14H2,1-2H3,(H2,27,28,31)/t19-,21-,24+/m1/s1. The number of nitrogens with zero attached hydrogens (tertiary/aromatic N) is 2. The maximum absolute atomic E-state index is 14.4. The molecule has 1 aliphatic rings. The molecule has 2 heterocycles. The summed E-state index contributed by atoms with van der Waals surface area (Å²) < 4.78 is 75.4. The number of aliphatic hydroxyl groups excluding tert-OH is 1. The molecular weight excluding hydrogens is 543 g/mol. The van der Waals surface area contributed by atoms with Gasteiger partial charge < -0.3 is 34.1 Å². The van der Waals surface area contributed by atoms with Gasteiger partial charge >= 0.3 is 13.5 Å². The van der Waals surface area contributed by atoms with Gasteiger partial charge in [-0.05, 0) is 54.6 Å². The molecule has 0 bridgehead atoms. The first-order valence-corrected chi connectivity index (χ1v) is 12.9. The molecule has 3 atom stereocenters. The Hall–Kier alpha value is -3.71. The summed E-state index contributed by atoms with van der Waals surface area (Å²) in [5.41, 5.74) is 2.08. The van der Waals surface area contributed by atoms with Crippen LogP contribution >= 0.6 is 7.82 Å². The molecule has 210 valence electrons. The van der Waals surface area contributed by atoms with Gasteiger partial charge in [-0.1, -0.05) is 0 Å². The zero-order valence-electron chi connectivity index (χ0n) is 20.8. The number of rotatable bonds is 11. The quantitative estimate of drug-likeness (QED) is 0.327. The van der Waals surface area contributed by atoms with E-state index in [1.165, 1.54) is 68.8 Å². The summed E-state index contributed by atoms with van der Waals surface area (Å²) in [6.07, 6.45) is -5.84. The van der Waals surface area contributed by atoms with Crippen LogP contribution in [0.4, 0.5) is 14.6 Å². The molecule has 0 unspecified atom stereocenters. The van der Waals surface area contributed by atoms with E-state index >= 15 is 0 Å². The van der Waals surface area contributed by atoms with Gasteiger partial charge in [0.15, 0.2) is 11.8 Å². The van der Waals surface area contributed by atoms with Crippen LogP contribution in [0.5, 0.6) is 23.0 Å². The van der Waals surface area contributed by atoms with Gasteiger partial charge in [0.2, 0.25) is 0 Å². The van der Waals surface area contributed by atoms with Crippen molar-refractivity contribution in [3.63, 3.8) is 0 Å². The highest BCUT2D eigenvalue weighted by atomic mass is 31.2. The third kappa shape index (κ3) is 6.48. The molecule has 1 fully saturated rings. The number of benzene rings is 2. The van der Waals surface area contributed by atoms with Gasteiger partial charge in [0.1, 0.15) is 34.9 Å². The van der Waals surface area contributed by atoms with E-state index in [0.29, 0.717) is 11.5 Å². The van der Waals surface area contributed by atoms with E-state index in [-0.39, 0.29) is 17.3 Å². The molecule has 1 aromatic heterocycles. The number of nitrogens with two attached hydrogens (primary N) is 1. The van der Waals surface area contributed by atoms with Crippen molar-refractivity contribution >= 4 is 13.6 Å². The van der Waals surface area contributed by atoms with E-state index in [9.17, 15) is 23.2 Å². The topological polar surface area (TPSA) is 154 Å². The molecule has 3 N–H and O–H groups in total. The highest BCUT2D eigenvalue weighted by Crippen LogP contribution is 2.52. The summed E-state index contributed by atoms with van der Waals surface area (Å²) in [6.45, 7) is -1.03. The number of methoxy groups -OCH3 is 2. The number of phosphoric ester groups is 1. The molecule has 12 nitrogen and oxygen atoms in total. The smallest absolute Gasteiger partial charge is 0.497 e. The third-order valence-corrected chi connectivity index (χ3v) is 7.10. The second kappa shape index (κ2) is 11.6. The fourth-order valence-corrected chi connectivity index (χ4v) is 5.05. The number of nitrogen functional groups attached to an aromatic ring is 1. The lowest BCUT2D eigenvalue weighted by atomic mass is 10.0. The van der Waals surface area contributed by atoms with Crippen molar-refractivity contribution in [2.24, 2.45) is 0 Å². The number of aliphatic hydroxyl groups is 1. The van der Waals surface area contributed by atoms with E-state index in [1.54, 1.807) is 0 Å². The van der Waals surface area contributed by atoms with E-state index in [1.807, 2.05) is 0 Å². The van der Waals surface area contributed by atoms with Crippen molar-refractivity contribution in [2.45, 2.75) is 30.8 Å². The Balaban J connectivity index is 1.60. The molecule has 15 heteroatoms. The minimum Gasteiger partial charge on any atom is -0.497 e. The van der Waals surface area contributed by atoms with E-state index in [4.69, 9.17) is 33.5 Å². The summed E-state index contributed by atoms with van der Waals surface area (Å²) in [5, 5.41) is 10.5. The predicted molar refractivity (Wildman–Crippen MR) is 133 cm³/mol. The number of hydrogen-bond donors (Lipinski definition) is 2. The molecule has 2 aromatic carbocycles. The van der Waals surface area contributed by atoms with Crippen molar-refractivity contribution in [2.75, 3.05) is 26.6 Å². The normalized spacial score (nSPS) is 21.1. The van der Waals surface area contributed by atoms with Crippen molar-refractivity contribution in [1.29, 1.82) is 0 Å². The number of ether oxygens (including phenoxy) is 3. The molecule has 0 aliphatic carbocycles. The first-order chi connectivity index (χ1) is 18.6. The van der Waals surface area contributed by atoms with Gasteiger partial charge in [0, 0.05) is 12.6 Å². The lowest BCUT2D eigenvalue weighted by molar-refractivity contribution is -0.171. The van der Waals surface area contributed by atoms with Crippen LogP contribution in [0.3, 0.4) is 0 Å². The Morgan fingerprint density at radius 1 is 1.05 bits per heavy atom. The van der Waals surface area contributed by atoms with Crippen molar-refractivity contribution in [1.82, 2.24) is 9.55 Å². The fourth-order valence-electron chi connectivity index (χ4n) is 3.77. The summed E-state index contributed by atoms with van der Waals surface area (Å²) >= 11 is 0. The number of anilines is 1. The second-order valence-electron chi connectivity index (χ2n) is 8.44. The maximum atomic E-state index is 14.4.